The molecule has 1 aromatic heterocycles. The lowest BCUT2D eigenvalue weighted by atomic mass is 10.1. The number of ether oxygens (including phenoxy) is 1. The van der Waals surface area contributed by atoms with Gasteiger partial charge in [0.2, 0.25) is 17.7 Å². The fraction of sp³-hybridized carbons (Fsp3) is 0.562. The summed E-state index contributed by atoms with van der Waals surface area (Å²) in [6.07, 6.45) is 4.18. The van der Waals surface area contributed by atoms with E-state index in [0.29, 0.717) is 18.5 Å². The smallest absolute Gasteiger partial charge is 0.305 e. The summed E-state index contributed by atoms with van der Waals surface area (Å²) in [6, 6.07) is -0.890. The standard InChI is InChI=1S/C16H26N6O5/c1-2-3-15(25)27-5-4-19-16(26)12(6-11-8-18-10-21-11)22-14(24)9-20-13(23)7-17/h8,10,12H,2-7,9,17H2,1H3,(H,18,21)(H,19,26)(H,20,23)(H,22,24)/t12-/m0/s1. The van der Waals surface area contributed by atoms with E-state index in [1.807, 2.05) is 6.92 Å². The van der Waals surface area contributed by atoms with E-state index in [0.717, 1.165) is 0 Å². The van der Waals surface area contributed by atoms with Crippen molar-refractivity contribution >= 4 is 23.7 Å². The van der Waals surface area contributed by atoms with E-state index in [9.17, 15) is 19.2 Å². The Morgan fingerprint density at radius 3 is 2.67 bits per heavy atom. The molecule has 0 unspecified atom stereocenters. The maximum atomic E-state index is 12.4. The Balaban J connectivity index is 2.52. The number of nitrogens with zero attached hydrogens (tertiary/aromatic N) is 1. The molecule has 1 heterocycles. The van der Waals surface area contributed by atoms with Gasteiger partial charge in [0.05, 0.1) is 26.0 Å². The van der Waals surface area contributed by atoms with Crippen molar-refractivity contribution < 1.29 is 23.9 Å². The van der Waals surface area contributed by atoms with Crippen LogP contribution in [0.25, 0.3) is 0 Å². The number of carbonyl (C=O) groups is 4. The Kier molecular flexibility index (Phi) is 10.2. The minimum atomic E-state index is -0.890. The monoisotopic (exact) mass is 382 g/mol. The number of imidazole rings is 1. The van der Waals surface area contributed by atoms with Crippen molar-refractivity contribution in [3.8, 4) is 0 Å². The molecule has 0 aromatic carbocycles. The highest BCUT2D eigenvalue weighted by Gasteiger charge is 2.22. The normalized spacial score (nSPS) is 11.3. The number of nitrogens with two attached hydrogens (primary N) is 1. The van der Waals surface area contributed by atoms with Crippen molar-refractivity contribution in [2.45, 2.75) is 32.2 Å². The minimum absolute atomic E-state index is 0.0435. The summed E-state index contributed by atoms with van der Waals surface area (Å²) in [4.78, 5) is 53.4. The molecule has 1 atom stereocenters. The first kappa shape index (κ1) is 22.1. The molecule has 0 bridgehead atoms. The predicted octanol–water partition coefficient (Wildman–Crippen LogP) is -2.03. The Labute approximate surface area is 156 Å². The lowest BCUT2D eigenvalue weighted by Gasteiger charge is -2.18. The van der Waals surface area contributed by atoms with Crippen LogP contribution in [0, 0.1) is 0 Å². The van der Waals surface area contributed by atoms with Gasteiger partial charge in [-0.1, -0.05) is 6.92 Å². The number of aromatic nitrogens is 2. The van der Waals surface area contributed by atoms with Crippen LogP contribution in [0.3, 0.4) is 0 Å². The molecule has 0 saturated heterocycles. The molecule has 0 fully saturated rings. The third kappa shape index (κ3) is 9.35. The summed E-state index contributed by atoms with van der Waals surface area (Å²) in [5, 5.41) is 7.47. The summed E-state index contributed by atoms with van der Waals surface area (Å²) >= 11 is 0. The van der Waals surface area contributed by atoms with Gasteiger partial charge in [0.25, 0.3) is 0 Å². The zero-order valence-corrected chi connectivity index (χ0v) is 15.2. The van der Waals surface area contributed by atoms with Gasteiger partial charge in [-0.2, -0.15) is 0 Å². The highest BCUT2D eigenvalue weighted by atomic mass is 16.5. The lowest BCUT2D eigenvalue weighted by Crippen LogP contribution is -2.51. The topological polar surface area (TPSA) is 168 Å². The first-order chi connectivity index (χ1) is 13.0. The van der Waals surface area contributed by atoms with Crippen LogP contribution in [0.4, 0.5) is 0 Å². The van der Waals surface area contributed by atoms with Crippen molar-refractivity contribution in [2.75, 3.05) is 26.2 Å². The van der Waals surface area contributed by atoms with Crippen LogP contribution in [0.5, 0.6) is 0 Å². The van der Waals surface area contributed by atoms with Crippen LogP contribution in [-0.4, -0.2) is 65.9 Å². The Morgan fingerprint density at radius 2 is 2.04 bits per heavy atom. The van der Waals surface area contributed by atoms with Crippen molar-refractivity contribution in [2.24, 2.45) is 5.73 Å². The Bertz CT molecular complexity index is 619. The van der Waals surface area contributed by atoms with E-state index in [1.54, 1.807) is 0 Å². The second-order valence-electron chi connectivity index (χ2n) is 5.64. The molecule has 0 aliphatic rings. The third-order valence-electron chi connectivity index (χ3n) is 3.38. The van der Waals surface area contributed by atoms with Gasteiger partial charge in [0.1, 0.15) is 12.6 Å². The zero-order valence-electron chi connectivity index (χ0n) is 15.2. The number of hydrogen-bond acceptors (Lipinski definition) is 7. The molecule has 0 aliphatic carbocycles. The predicted molar refractivity (Wildman–Crippen MR) is 95.2 cm³/mol. The maximum Gasteiger partial charge on any atom is 0.305 e. The van der Waals surface area contributed by atoms with Crippen LogP contribution in [0.2, 0.25) is 0 Å². The summed E-state index contributed by atoms with van der Waals surface area (Å²) in [5.74, 6) is -1.79. The average molecular weight is 382 g/mol. The molecule has 1 aromatic rings. The van der Waals surface area contributed by atoms with E-state index in [-0.39, 0.29) is 38.6 Å². The van der Waals surface area contributed by atoms with Crippen molar-refractivity contribution in [1.82, 2.24) is 25.9 Å². The molecule has 0 saturated carbocycles. The van der Waals surface area contributed by atoms with E-state index in [2.05, 4.69) is 25.9 Å². The number of esters is 1. The van der Waals surface area contributed by atoms with Crippen LogP contribution in [0.15, 0.2) is 12.5 Å². The second kappa shape index (κ2) is 12.4. The molecule has 6 N–H and O–H groups in total. The lowest BCUT2D eigenvalue weighted by molar-refractivity contribution is -0.144. The molecule has 150 valence electrons. The van der Waals surface area contributed by atoms with Gasteiger partial charge in [-0.3, -0.25) is 19.2 Å². The Morgan fingerprint density at radius 1 is 1.26 bits per heavy atom. The average Bonchev–Trinajstić information content (AvgIpc) is 3.15. The van der Waals surface area contributed by atoms with Gasteiger partial charge in [-0.25, -0.2) is 4.98 Å². The largest absolute Gasteiger partial charge is 0.464 e. The quantitative estimate of drug-likeness (QED) is 0.205. The number of hydrogen-bond donors (Lipinski definition) is 5. The summed E-state index contributed by atoms with van der Waals surface area (Å²) in [7, 11) is 0. The van der Waals surface area contributed by atoms with Gasteiger partial charge >= 0.3 is 5.97 Å². The van der Waals surface area contributed by atoms with E-state index in [4.69, 9.17) is 10.5 Å². The van der Waals surface area contributed by atoms with Gasteiger partial charge in [0.15, 0.2) is 0 Å². The molecule has 1 rings (SSSR count). The molecule has 11 nitrogen and oxygen atoms in total. The summed E-state index contributed by atoms with van der Waals surface area (Å²) in [6.45, 7) is 1.50. The van der Waals surface area contributed by atoms with E-state index >= 15 is 0 Å². The van der Waals surface area contributed by atoms with Crippen LogP contribution >= 0.6 is 0 Å². The van der Waals surface area contributed by atoms with Gasteiger partial charge in [-0.05, 0) is 6.42 Å². The fourth-order valence-electron chi connectivity index (χ4n) is 2.06. The number of H-pyrrole nitrogens is 1. The van der Waals surface area contributed by atoms with Crippen LogP contribution in [-0.2, 0) is 30.3 Å². The van der Waals surface area contributed by atoms with Crippen LogP contribution in [0.1, 0.15) is 25.5 Å². The molecule has 11 heteroatoms. The zero-order chi connectivity index (χ0) is 20.1. The maximum absolute atomic E-state index is 12.4. The number of carbonyl (C=O) groups excluding carboxylic acids is 4. The van der Waals surface area contributed by atoms with Crippen molar-refractivity contribution in [3.05, 3.63) is 18.2 Å². The minimum Gasteiger partial charge on any atom is -0.464 e. The summed E-state index contributed by atoms with van der Waals surface area (Å²) < 4.78 is 4.96. The highest BCUT2D eigenvalue weighted by Crippen LogP contribution is 1.99. The fourth-order valence-corrected chi connectivity index (χ4v) is 2.06. The first-order valence-corrected chi connectivity index (χ1v) is 8.63. The number of amides is 3. The Hall–Kier alpha value is -2.95. The molecule has 0 radical (unpaired) electrons. The third-order valence-corrected chi connectivity index (χ3v) is 3.38. The molecule has 3 amide bonds. The number of rotatable bonds is 12. The second-order valence-corrected chi connectivity index (χ2v) is 5.64. The molecular weight excluding hydrogens is 356 g/mol. The van der Waals surface area contributed by atoms with Gasteiger partial charge in [-0.15, -0.1) is 0 Å². The summed E-state index contributed by atoms with van der Waals surface area (Å²) in [5.41, 5.74) is 5.80. The van der Waals surface area contributed by atoms with Gasteiger partial charge < -0.3 is 31.4 Å². The van der Waals surface area contributed by atoms with Crippen LogP contribution < -0.4 is 21.7 Å². The number of aromatic amines is 1. The van der Waals surface area contributed by atoms with Crippen molar-refractivity contribution in [3.63, 3.8) is 0 Å². The van der Waals surface area contributed by atoms with E-state index in [1.165, 1.54) is 12.5 Å². The molecule has 0 spiro atoms. The SMILES string of the molecule is CCCC(=O)OCCNC(=O)[C@H](Cc1cnc[nH]1)NC(=O)CNC(=O)CN. The van der Waals surface area contributed by atoms with E-state index < -0.39 is 23.8 Å². The number of nitrogens with one attached hydrogen (secondary N) is 4. The molecule has 0 aliphatic heterocycles. The molecular formula is C16H26N6O5. The first-order valence-electron chi connectivity index (χ1n) is 8.63. The molecule has 27 heavy (non-hydrogen) atoms. The van der Waals surface area contributed by atoms with Gasteiger partial charge in [0, 0.05) is 24.7 Å². The van der Waals surface area contributed by atoms with Crippen molar-refractivity contribution in [1.29, 1.82) is 0 Å². The highest BCUT2D eigenvalue weighted by molar-refractivity contribution is 5.90.